The molecule has 57 heavy (non-hydrogen) atoms. The predicted molar refractivity (Wildman–Crippen MR) is 208 cm³/mol. The normalized spacial score (nSPS) is 11.4. The van der Waals surface area contributed by atoms with E-state index in [1.54, 1.807) is 31.4 Å². The van der Waals surface area contributed by atoms with Crippen molar-refractivity contribution in [1.29, 1.82) is 0 Å². The second-order valence-electron chi connectivity index (χ2n) is 12.1. The van der Waals surface area contributed by atoms with Gasteiger partial charge in [-0.2, -0.15) is 5.12 Å². The fourth-order valence-corrected chi connectivity index (χ4v) is 5.36. The maximum Gasteiger partial charge on any atom is 0.515 e. The Kier molecular flexibility index (Phi) is 18.6. The first kappa shape index (κ1) is 45.1. The maximum atomic E-state index is 12.4. The van der Waals surface area contributed by atoms with Gasteiger partial charge in [-0.25, -0.2) is 15.6 Å². The van der Waals surface area contributed by atoms with Crippen LogP contribution < -0.4 is 16.3 Å². The number of imidazole rings is 1. The number of amidine groups is 1. The van der Waals surface area contributed by atoms with E-state index in [9.17, 15) is 29.8 Å². The number of aryl methyl sites for hydroxylation is 1. The molecule has 20 heteroatoms. The SMILES string of the molecule is CCCCc1nc(Cl)c(C=O)n1Cc1ccc(-c2ccccc2/C(N)=N/N(N)C(C)OC(=O)Oc2cccc(CO[N+](=O)[O-])c2)cc1.COCCCCO[N+](=O)[O-]. The number of hydrazine groups is 1. The van der Waals surface area contributed by atoms with Crippen molar-refractivity contribution in [3.05, 3.63) is 126 Å². The first-order chi connectivity index (χ1) is 27.4. The van der Waals surface area contributed by atoms with Gasteiger partial charge in [-0.3, -0.25) is 4.79 Å². The minimum atomic E-state index is -1.08. The molecule has 0 fully saturated rings. The Bertz CT molecular complexity index is 1960. The smallest absolute Gasteiger partial charge is 0.407 e. The molecule has 0 spiro atoms. The number of hydrazone groups is 1. The third-order valence-electron chi connectivity index (χ3n) is 7.95. The molecule has 4 aromatic rings. The van der Waals surface area contributed by atoms with E-state index in [-0.39, 0.29) is 30.0 Å². The fourth-order valence-electron chi connectivity index (χ4n) is 5.11. The molecule has 1 aromatic heterocycles. The molecule has 306 valence electrons. The summed E-state index contributed by atoms with van der Waals surface area (Å²) < 4.78 is 16.9. The molecule has 0 radical (unpaired) electrons. The number of hydrogen-bond acceptors (Lipinski definition) is 15. The van der Waals surface area contributed by atoms with Crippen molar-refractivity contribution in [2.75, 3.05) is 20.3 Å². The van der Waals surface area contributed by atoms with Crippen LogP contribution >= 0.6 is 11.6 Å². The van der Waals surface area contributed by atoms with Crippen molar-refractivity contribution in [1.82, 2.24) is 14.7 Å². The molecule has 0 amide bonds. The van der Waals surface area contributed by atoms with E-state index in [1.165, 1.54) is 19.1 Å². The van der Waals surface area contributed by atoms with Crippen molar-refractivity contribution in [3.8, 4) is 16.9 Å². The number of nitrogens with zero attached hydrogens (tertiary/aromatic N) is 6. The molecule has 0 aliphatic carbocycles. The van der Waals surface area contributed by atoms with Gasteiger partial charge in [0.05, 0.1) is 6.61 Å². The number of aldehydes is 1. The summed E-state index contributed by atoms with van der Waals surface area (Å²) in [5.41, 5.74) is 10.3. The number of rotatable bonds is 21. The van der Waals surface area contributed by atoms with Gasteiger partial charge in [0.15, 0.2) is 17.3 Å². The summed E-state index contributed by atoms with van der Waals surface area (Å²) in [5, 5.41) is 23.6. The van der Waals surface area contributed by atoms with Gasteiger partial charge >= 0.3 is 6.16 Å². The number of benzene rings is 3. The molecule has 3 aromatic carbocycles. The van der Waals surface area contributed by atoms with Gasteiger partial charge in [0.25, 0.3) is 10.2 Å². The molecule has 4 N–H and O–H groups in total. The molecule has 0 saturated heterocycles. The van der Waals surface area contributed by atoms with E-state index in [0.29, 0.717) is 42.8 Å². The molecule has 0 saturated carbocycles. The lowest BCUT2D eigenvalue weighted by Gasteiger charge is -2.21. The quantitative estimate of drug-likeness (QED) is 0.00922. The molecule has 0 aliphatic rings. The maximum absolute atomic E-state index is 12.4. The summed E-state index contributed by atoms with van der Waals surface area (Å²) in [7, 11) is 1.59. The van der Waals surface area contributed by atoms with Crippen molar-refractivity contribution in [2.24, 2.45) is 16.7 Å². The first-order valence-corrected chi connectivity index (χ1v) is 18.0. The molecular formula is C37H45ClN8O11. The highest BCUT2D eigenvalue weighted by molar-refractivity contribution is 6.31. The van der Waals surface area contributed by atoms with Crippen LogP contribution in [0.2, 0.25) is 5.15 Å². The fraction of sp³-hybridized carbons (Fsp3) is 0.351. The molecule has 1 unspecified atom stereocenters. The lowest BCUT2D eigenvalue weighted by Crippen LogP contribution is -2.40. The van der Waals surface area contributed by atoms with E-state index < -0.39 is 22.6 Å². The molecule has 1 heterocycles. The summed E-state index contributed by atoms with van der Waals surface area (Å²) in [6.45, 7) is 4.47. The third-order valence-corrected chi connectivity index (χ3v) is 8.23. The first-order valence-electron chi connectivity index (χ1n) is 17.6. The summed E-state index contributed by atoms with van der Waals surface area (Å²) >= 11 is 6.23. The Morgan fingerprint density at radius 2 is 1.70 bits per heavy atom. The third kappa shape index (κ3) is 15.0. The summed E-state index contributed by atoms with van der Waals surface area (Å²) in [6, 6.07) is 21.1. The average Bonchev–Trinajstić information content (AvgIpc) is 3.49. The van der Waals surface area contributed by atoms with Crippen molar-refractivity contribution in [3.63, 3.8) is 0 Å². The number of carbonyl (C=O) groups excluding carboxylic acids is 2. The molecule has 4 rings (SSSR count). The number of ether oxygens (including phenoxy) is 3. The van der Waals surface area contributed by atoms with Gasteiger partial charge < -0.3 is 34.2 Å². The Morgan fingerprint density at radius 3 is 2.37 bits per heavy atom. The van der Waals surface area contributed by atoms with Gasteiger partial charge in [-0.1, -0.05) is 85.6 Å². The zero-order chi connectivity index (χ0) is 41.7. The number of hydrogen-bond donors (Lipinski definition) is 2. The zero-order valence-corrected chi connectivity index (χ0v) is 32.4. The van der Waals surface area contributed by atoms with Crippen molar-refractivity contribution < 1.29 is 43.6 Å². The molecule has 19 nitrogen and oxygen atoms in total. The number of methoxy groups -OCH3 is 1. The molecule has 0 aliphatic heterocycles. The standard InChI is InChI=1S/C32H34ClN7O7.C5H11NO4/c1-3-4-12-29-36-30(33)28(19-41)38(29)18-22-13-15-24(16-14-22)26-10-5-6-11-27(26)31(34)37-39(35)21(2)46-32(42)47-25-9-7-8-23(17-25)20-45-40(43)44;1-9-4-2-3-5-10-6(7)8/h5-11,13-17,19,21H,3-4,12,18,20,35H2,1-2H3,(H2,34,37);2-5H2,1H3. The lowest BCUT2D eigenvalue weighted by molar-refractivity contribution is -0.763. The van der Waals surface area contributed by atoms with Crippen LogP contribution in [0.25, 0.3) is 11.1 Å². The highest BCUT2D eigenvalue weighted by Crippen LogP contribution is 2.26. The van der Waals surface area contributed by atoms with E-state index >= 15 is 0 Å². The van der Waals surface area contributed by atoms with E-state index in [1.807, 2.05) is 41.0 Å². The highest BCUT2D eigenvalue weighted by atomic mass is 35.5. The van der Waals surface area contributed by atoms with Crippen LogP contribution in [0.15, 0.2) is 77.9 Å². The minimum Gasteiger partial charge on any atom is -0.407 e. The summed E-state index contributed by atoms with van der Waals surface area (Å²) in [4.78, 5) is 56.9. The molecular weight excluding hydrogens is 768 g/mol. The number of carbonyl (C=O) groups is 2. The van der Waals surface area contributed by atoms with Gasteiger partial charge in [0.2, 0.25) is 6.23 Å². The van der Waals surface area contributed by atoms with Gasteiger partial charge in [-0.05, 0) is 60.6 Å². The summed E-state index contributed by atoms with van der Waals surface area (Å²) in [6.07, 6.45) is 2.66. The lowest BCUT2D eigenvalue weighted by atomic mass is 9.98. The van der Waals surface area contributed by atoms with Crippen LogP contribution in [0.5, 0.6) is 5.75 Å². The van der Waals surface area contributed by atoms with E-state index in [2.05, 4.69) is 26.7 Å². The van der Waals surface area contributed by atoms with Crippen LogP contribution in [0.4, 0.5) is 4.79 Å². The van der Waals surface area contributed by atoms with Crippen LogP contribution in [0, 0.1) is 20.2 Å². The summed E-state index contributed by atoms with van der Waals surface area (Å²) in [5.74, 6) is 6.98. The number of halogens is 1. The number of aromatic nitrogens is 2. The topological polar surface area (TPSA) is 252 Å². The predicted octanol–water partition coefficient (Wildman–Crippen LogP) is 6.09. The van der Waals surface area contributed by atoms with Crippen LogP contribution in [-0.2, 0) is 38.7 Å². The van der Waals surface area contributed by atoms with Crippen molar-refractivity contribution >= 4 is 29.9 Å². The Labute approximate surface area is 333 Å². The van der Waals surface area contributed by atoms with Gasteiger partial charge in [-0.15, -0.1) is 25.3 Å². The number of unbranched alkanes of at least 4 members (excludes halogenated alkanes) is 2. The average molecular weight is 813 g/mol. The minimum absolute atomic E-state index is 0.0683. The Hall–Kier alpha value is -6.31. The number of nitrogens with two attached hydrogens (primary N) is 2. The van der Waals surface area contributed by atoms with Crippen LogP contribution in [0.1, 0.15) is 72.5 Å². The Balaban J connectivity index is 0.000000766. The second-order valence-corrected chi connectivity index (χ2v) is 12.4. The second kappa shape index (κ2) is 23.6. The zero-order valence-electron chi connectivity index (χ0n) is 31.7. The van der Waals surface area contributed by atoms with Crippen LogP contribution in [0.3, 0.4) is 0 Å². The highest BCUT2D eigenvalue weighted by Gasteiger charge is 2.19. The van der Waals surface area contributed by atoms with Crippen LogP contribution in [-0.4, -0.2) is 69.7 Å². The largest absolute Gasteiger partial charge is 0.515 e. The van der Waals surface area contributed by atoms with Gasteiger partial charge in [0, 0.05) is 32.2 Å². The van der Waals surface area contributed by atoms with E-state index in [4.69, 9.17) is 37.4 Å². The molecule has 0 bridgehead atoms. The monoisotopic (exact) mass is 812 g/mol. The van der Waals surface area contributed by atoms with Crippen molar-refractivity contribution in [2.45, 2.75) is 65.3 Å². The van der Waals surface area contributed by atoms with E-state index in [0.717, 1.165) is 53.2 Å². The Morgan fingerprint density at radius 1 is 1.00 bits per heavy atom. The van der Waals surface area contributed by atoms with Gasteiger partial charge in [0.1, 0.15) is 23.9 Å². The molecule has 1 atom stereocenters.